The van der Waals surface area contributed by atoms with Gasteiger partial charge in [0.1, 0.15) is 6.04 Å². The lowest BCUT2D eigenvalue weighted by molar-refractivity contribution is -0.142. The van der Waals surface area contributed by atoms with E-state index >= 15 is 0 Å². The molecule has 0 bridgehead atoms. The zero-order valence-corrected chi connectivity index (χ0v) is 20.0. The number of halogens is 3. The summed E-state index contributed by atoms with van der Waals surface area (Å²) in [6, 6.07) is 10.6. The molecule has 0 saturated carbocycles. The van der Waals surface area contributed by atoms with E-state index in [1.165, 1.54) is 19.0 Å². The fraction of sp³-hybridized carbons (Fsp3) is 0.304. The smallest absolute Gasteiger partial charge is 0.330 e. The molecule has 2 aromatic rings. The third kappa shape index (κ3) is 5.67. The van der Waals surface area contributed by atoms with Crippen LogP contribution in [0.4, 0.5) is 5.69 Å². The van der Waals surface area contributed by atoms with Gasteiger partial charge in [-0.3, -0.25) is 15.2 Å². The minimum absolute atomic E-state index is 0. The van der Waals surface area contributed by atoms with Crippen molar-refractivity contribution in [3.8, 4) is 11.8 Å². The highest BCUT2D eigenvalue weighted by Gasteiger charge is 2.40. The number of hydrogen-bond donors (Lipinski definition) is 2. The quantitative estimate of drug-likeness (QED) is 0.496. The minimum Gasteiger partial charge on any atom is -0.467 e. The first-order valence-electron chi connectivity index (χ1n) is 9.73. The van der Waals surface area contributed by atoms with Crippen LogP contribution in [-0.2, 0) is 20.7 Å². The van der Waals surface area contributed by atoms with E-state index in [1.54, 1.807) is 12.1 Å². The molecule has 1 aliphatic heterocycles. The number of fused-ring (bicyclic) bond motifs is 1. The van der Waals surface area contributed by atoms with Crippen LogP contribution in [0.5, 0.6) is 0 Å². The van der Waals surface area contributed by atoms with Crippen LogP contribution >= 0.6 is 35.6 Å². The maximum atomic E-state index is 12.6. The molecule has 2 atom stereocenters. The number of amides is 1. The van der Waals surface area contributed by atoms with Crippen molar-refractivity contribution in [1.82, 2.24) is 5.43 Å². The summed E-state index contributed by atoms with van der Waals surface area (Å²) in [5, 5.41) is 2.36. The van der Waals surface area contributed by atoms with Gasteiger partial charge in [-0.25, -0.2) is 4.79 Å². The number of rotatable bonds is 4. The largest absolute Gasteiger partial charge is 0.467 e. The fourth-order valence-electron chi connectivity index (χ4n) is 3.78. The van der Waals surface area contributed by atoms with Gasteiger partial charge in [0.05, 0.1) is 19.3 Å². The third-order valence-corrected chi connectivity index (χ3v) is 5.63. The molecule has 1 amide bonds. The Hall–Kier alpha value is -2.43. The normalized spacial score (nSPS) is 16.7. The summed E-state index contributed by atoms with van der Waals surface area (Å²) in [5.74, 6) is 4.89. The van der Waals surface area contributed by atoms with Crippen LogP contribution in [0.2, 0.25) is 10.0 Å². The van der Waals surface area contributed by atoms with Crippen molar-refractivity contribution in [3.05, 3.63) is 63.1 Å². The van der Waals surface area contributed by atoms with Crippen LogP contribution in [0.1, 0.15) is 36.0 Å². The second kappa shape index (κ2) is 11.4. The van der Waals surface area contributed by atoms with Gasteiger partial charge < -0.3 is 10.5 Å². The number of anilines is 1. The number of benzene rings is 2. The summed E-state index contributed by atoms with van der Waals surface area (Å²) in [6.07, 6.45) is 0.976. The highest BCUT2D eigenvalue weighted by Crippen LogP contribution is 2.46. The summed E-state index contributed by atoms with van der Waals surface area (Å²) in [7, 11) is 1.32. The molecule has 1 heterocycles. The Labute approximate surface area is 203 Å². The standard InChI is InChI=1S/C23H23Cl2N3O3.ClH/c1-14(29)27-28-20-12-17(24)11-19(25)22(20)18(13-21(28)23(30)31-2)16-8-6-15(7-9-16)5-3-4-10-26;/h6-9,11-12,18,21H,5,10,13,26H2,1-2H3,(H,27,29);1H/t18-,21-;/m1./s1. The molecule has 3 rings (SSSR count). The first-order valence-corrected chi connectivity index (χ1v) is 10.5. The number of hydrazine groups is 1. The zero-order chi connectivity index (χ0) is 22.5. The van der Waals surface area contributed by atoms with Crippen LogP contribution in [0.15, 0.2) is 36.4 Å². The molecule has 32 heavy (non-hydrogen) atoms. The average Bonchev–Trinajstić information content (AvgIpc) is 2.74. The van der Waals surface area contributed by atoms with Gasteiger partial charge in [-0.15, -0.1) is 12.4 Å². The van der Waals surface area contributed by atoms with E-state index < -0.39 is 12.0 Å². The van der Waals surface area contributed by atoms with Crippen molar-refractivity contribution in [1.29, 1.82) is 0 Å². The van der Waals surface area contributed by atoms with E-state index in [0.29, 0.717) is 35.1 Å². The molecule has 0 saturated heterocycles. The number of nitrogens with zero attached hydrogens (tertiary/aromatic N) is 1. The first kappa shape index (κ1) is 25.8. The van der Waals surface area contributed by atoms with Crippen molar-refractivity contribution in [3.63, 3.8) is 0 Å². The maximum absolute atomic E-state index is 12.6. The lowest BCUT2D eigenvalue weighted by Crippen LogP contribution is -2.55. The topological polar surface area (TPSA) is 84.7 Å². The molecule has 0 aromatic heterocycles. The predicted octanol–water partition coefficient (Wildman–Crippen LogP) is 3.85. The highest BCUT2D eigenvalue weighted by molar-refractivity contribution is 6.35. The Kier molecular flexibility index (Phi) is 9.23. The molecule has 0 aliphatic carbocycles. The number of carbonyl (C=O) groups is 2. The van der Waals surface area contributed by atoms with Crippen LogP contribution in [0.25, 0.3) is 0 Å². The van der Waals surface area contributed by atoms with Gasteiger partial charge in [0.25, 0.3) is 0 Å². The second-order valence-corrected chi connectivity index (χ2v) is 8.01. The van der Waals surface area contributed by atoms with E-state index in [4.69, 9.17) is 33.7 Å². The summed E-state index contributed by atoms with van der Waals surface area (Å²) in [4.78, 5) is 24.5. The molecule has 6 nitrogen and oxygen atoms in total. The van der Waals surface area contributed by atoms with Crippen molar-refractivity contribution >= 4 is 53.2 Å². The Morgan fingerprint density at radius 3 is 2.50 bits per heavy atom. The molecule has 0 unspecified atom stereocenters. The number of hydrogen-bond acceptors (Lipinski definition) is 5. The van der Waals surface area contributed by atoms with Gasteiger partial charge >= 0.3 is 5.97 Å². The van der Waals surface area contributed by atoms with Crippen molar-refractivity contribution in [2.24, 2.45) is 5.73 Å². The SMILES string of the molecule is COC(=O)[C@H]1C[C@H](c2ccc(CC#CCN)cc2)c2c(Cl)cc(Cl)cc2N1NC(C)=O.Cl. The Balaban J connectivity index is 0.00000363. The number of esters is 1. The summed E-state index contributed by atoms with van der Waals surface area (Å²) in [6.45, 7) is 1.70. The number of methoxy groups -OCH3 is 1. The van der Waals surface area contributed by atoms with Crippen molar-refractivity contribution < 1.29 is 14.3 Å². The molecule has 9 heteroatoms. The van der Waals surface area contributed by atoms with Gasteiger partial charge in [-0.2, -0.15) is 0 Å². The molecule has 1 aliphatic rings. The summed E-state index contributed by atoms with van der Waals surface area (Å²) in [5.41, 5.74) is 11.5. The second-order valence-electron chi connectivity index (χ2n) is 7.16. The molecular formula is C23H24Cl3N3O3. The van der Waals surface area contributed by atoms with Gasteiger partial charge in [-0.05, 0) is 29.7 Å². The predicted molar refractivity (Wildman–Crippen MR) is 129 cm³/mol. The van der Waals surface area contributed by atoms with Crippen LogP contribution in [0, 0.1) is 11.8 Å². The summed E-state index contributed by atoms with van der Waals surface area (Å²) < 4.78 is 5.01. The Bertz CT molecular complexity index is 1050. The number of carbonyl (C=O) groups excluding carboxylic acids is 2. The van der Waals surface area contributed by atoms with E-state index in [9.17, 15) is 9.59 Å². The van der Waals surface area contributed by atoms with Gasteiger partial charge in [0.15, 0.2) is 0 Å². The lowest BCUT2D eigenvalue weighted by Gasteiger charge is -2.41. The lowest BCUT2D eigenvalue weighted by atomic mass is 9.81. The van der Waals surface area contributed by atoms with Crippen molar-refractivity contribution in [2.45, 2.75) is 31.7 Å². The zero-order valence-electron chi connectivity index (χ0n) is 17.7. The third-order valence-electron chi connectivity index (χ3n) is 5.10. The molecule has 0 fully saturated rings. The number of nitrogens with one attached hydrogen (secondary N) is 1. The van der Waals surface area contributed by atoms with Gasteiger partial charge in [-0.1, -0.05) is 59.3 Å². The molecule has 0 spiro atoms. The van der Waals surface area contributed by atoms with Crippen molar-refractivity contribution in [2.75, 3.05) is 18.7 Å². The molecular weight excluding hydrogens is 473 g/mol. The van der Waals surface area contributed by atoms with E-state index in [2.05, 4.69) is 17.3 Å². The molecule has 0 radical (unpaired) electrons. The number of nitrogens with two attached hydrogens (primary N) is 1. The van der Waals surface area contributed by atoms with Crippen LogP contribution in [0.3, 0.4) is 0 Å². The Morgan fingerprint density at radius 1 is 1.22 bits per heavy atom. The molecule has 170 valence electrons. The van der Waals surface area contributed by atoms with E-state index in [0.717, 1.165) is 16.7 Å². The first-order chi connectivity index (χ1) is 14.8. The molecule has 3 N–H and O–H groups in total. The number of ether oxygens (including phenoxy) is 1. The van der Waals surface area contributed by atoms with E-state index in [1.807, 2.05) is 24.3 Å². The fourth-order valence-corrected chi connectivity index (χ4v) is 4.40. The van der Waals surface area contributed by atoms with Gasteiger partial charge in [0.2, 0.25) is 5.91 Å². The Morgan fingerprint density at radius 2 is 1.91 bits per heavy atom. The maximum Gasteiger partial charge on any atom is 0.330 e. The summed E-state index contributed by atoms with van der Waals surface area (Å²) >= 11 is 12.9. The van der Waals surface area contributed by atoms with Crippen LogP contribution < -0.4 is 16.2 Å². The minimum atomic E-state index is -0.740. The van der Waals surface area contributed by atoms with Gasteiger partial charge in [0, 0.05) is 34.9 Å². The highest BCUT2D eigenvalue weighted by atomic mass is 35.5. The monoisotopic (exact) mass is 495 g/mol. The molecule has 2 aromatic carbocycles. The average molecular weight is 497 g/mol. The van der Waals surface area contributed by atoms with Crippen LogP contribution in [-0.4, -0.2) is 31.6 Å². The van der Waals surface area contributed by atoms with E-state index in [-0.39, 0.29) is 24.2 Å².